The Kier molecular flexibility index (Phi) is 5.47. The van der Waals surface area contributed by atoms with Crippen molar-refractivity contribution in [3.05, 3.63) is 35.4 Å². The third-order valence-corrected chi connectivity index (χ3v) is 3.26. The Morgan fingerprint density at radius 2 is 1.95 bits per heavy atom. The zero-order valence-electron chi connectivity index (χ0n) is 11.3. The number of hydrogen-bond donors (Lipinski definition) is 4. The lowest BCUT2D eigenvalue weighted by Gasteiger charge is -2.07. The van der Waals surface area contributed by atoms with Gasteiger partial charge in [0.1, 0.15) is 6.04 Å². The first-order chi connectivity index (χ1) is 8.84. The molecule has 19 heavy (non-hydrogen) atoms. The molecule has 0 amide bonds. The van der Waals surface area contributed by atoms with Crippen molar-refractivity contribution in [2.24, 2.45) is 17.4 Å². The third kappa shape index (κ3) is 4.02. The number of benzene rings is 1. The van der Waals surface area contributed by atoms with E-state index in [0.717, 1.165) is 5.56 Å². The summed E-state index contributed by atoms with van der Waals surface area (Å²) < 4.78 is 0. The Hall–Kier alpha value is -1.43. The van der Waals surface area contributed by atoms with E-state index in [1.165, 1.54) is 5.56 Å². The zero-order chi connectivity index (χ0) is 14.6. The Morgan fingerprint density at radius 3 is 2.37 bits per heavy atom. The minimum atomic E-state index is -0.931. The molecule has 1 aliphatic carbocycles. The van der Waals surface area contributed by atoms with Gasteiger partial charge in [-0.2, -0.15) is 0 Å². The molecule has 0 unspecified atom stereocenters. The van der Waals surface area contributed by atoms with Crippen molar-refractivity contribution in [3.63, 3.8) is 0 Å². The highest BCUT2D eigenvalue weighted by Crippen LogP contribution is 2.28. The lowest BCUT2D eigenvalue weighted by molar-refractivity contribution is -0.139. The van der Waals surface area contributed by atoms with Crippen LogP contribution in [-0.2, 0) is 11.2 Å². The smallest absolute Gasteiger partial charge is 0.320 e. The maximum absolute atomic E-state index is 10.0. The first-order valence-electron chi connectivity index (χ1n) is 6.34. The van der Waals surface area contributed by atoms with Gasteiger partial charge in [0.2, 0.25) is 0 Å². The molecule has 0 aliphatic heterocycles. The van der Waals surface area contributed by atoms with Gasteiger partial charge in [-0.15, -0.1) is 0 Å². The molecule has 3 atom stereocenters. The van der Waals surface area contributed by atoms with Crippen LogP contribution in [0, 0.1) is 5.92 Å². The van der Waals surface area contributed by atoms with Crippen LogP contribution in [-0.4, -0.2) is 28.3 Å². The number of carboxylic acid groups (broad SMARTS) is 1. The van der Waals surface area contributed by atoms with Gasteiger partial charge < -0.3 is 21.7 Å². The number of carbonyl (C=O) groups is 1. The molecule has 106 valence electrons. The van der Waals surface area contributed by atoms with Crippen molar-refractivity contribution in [1.29, 1.82) is 0 Å². The average Bonchev–Trinajstić information content (AvgIpc) is 2.65. The molecule has 0 spiro atoms. The van der Waals surface area contributed by atoms with Gasteiger partial charge in [0, 0.05) is 6.42 Å². The fourth-order valence-corrected chi connectivity index (χ4v) is 1.89. The molecule has 0 saturated heterocycles. The number of nitrogens with two attached hydrogens (primary N) is 2. The summed E-state index contributed by atoms with van der Waals surface area (Å²) in [6, 6.07) is 7.04. The van der Waals surface area contributed by atoms with E-state index in [1.54, 1.807) is 13.8 Å². The molecule has 0 radical (unpaired) electrons. The van der Waals surface area contributed by atoms with Gasteiger partial charge in [-0.25, -0.2) is 0 Å². The standard InChI is InChI=1S/C9H11NO.C5H11NO2/c10-9-7-4-2-1-3-6(7)5-8(9)11;1-3(2)4(6)5(7)8/h1-4,8-9,11H,5,10H2;3-4H,6H2,1-2H3,(H,7,8)/t8-,9-;4-/m10/s1. The fraction of sp³-hybridized carbons (Fsp3) is 0.500. The van der Waals surface area contributed by atoms with Crippen molar-refractivity contribution >= 4 is 5.97 Å². The van der Waals surface area contributed by atoms with E-state index < -0.39 is 12.0 Å². The topological polar surface area (TPSA) is 110 Å². The number of aliphatic hydroxyl groups excluding tert-OH is 1. The highest BCUT2D eigenvalue weighted by molar-refractivity contribution is 5.73. The summed E-state index contributed by atoms with van der Waals surface area (Å²) in [6.07, 6.45) is 0.324. The van der Waals surface area contributed by atoms with E-state index in [1.807, 2.05) is 24.3 Å². The molecule has 0 fully saturated rings. The lowest BCUT2D eigenvalue weighted by atomic mass is 10.1. The van der Waals surface area contributed by atoms with Crippen molar-refractivity contribution in [2.45, 2.75) is 38.5 Å². The largest absolute Gasteiger partial charge is 0.480 e. The van der Waals surface area contributed by atoms with Crippen molar-refractivity contribution in [1.82, 2.24) is 0 Å². The van der Waals surface area contributed by atoms with Crippen LogP contribution in [0.4, 0.5) is 0 Å². The van der Waals surface area contributed by atoms with E-state index in [9.17, 15) is 9.90 Å². The normalized spacial score (nSPS) is 22.4. The van der Waals surface area contributed by atoms with Crippen LogP contribution in [0.2, 0.25) is 0 Å². The Labute approximate surface area is 113 Å². The molecule has 0 heterocycles. The minimum Gasteiger partial charge on any atom is -0.480 e. The highest BCUT2D eigenvalue weighted by atomic mass is 16.4. The number of rotatable bonds is 2. The molecule has 0 saturated carbocycles. The van der Waals surface area contributed by atoms with Gasteiger partial charge in [-0.3, -0.25) is 4.79 Å². The van der Waals surface area contributed by atoms with Gasteiger partial charge in [0.25, 0.3) is 0 Å². The monoisotopic (exact) mass is 266 g/mol. The van der Waals surface area contributed by atoms with Crippen LogP contribution in [0.25, 0.3) is 0 Å². The Morgan fingerprint density at radius 1 is 1.37 bits per heavy atom. The maximum Gasteiger partial charge on any atom is 0.320 e. The summed E-state index contributed by atoms with van der Waals surface area (Å²) in [4.78, 5) is 10.0. The molecule has 1 aliphatic rings. The predicted octanol–water partition coefficient (Wildman–Crippen LogP) is 0.658. The molecule has 2 rings (SSSR count). The van der Waals surface area contributed by atoms with E-state index in [2.05, 4.69) is 0 Å². The quantitative estimate of drug-likeness (QED) is 0.628. The first kappa shape index (κ1) is 15.6. The van der Waals surface area contributed by atoms with Crippen LogP contribution in [0.15, 0.2) is 24.3 Å². The second kappa shape index (κ2) is 6.65. The summed E-state index contributed by atoms with van der Waals surface area (Å²) >= 11 is 0. The van der Waals surface area contributed by atoms with Crippen molar-refractivity contribution in [2.75, 3.05) is 0 Å². The van der Waals surface area contributed by atoms with Gasteiger partial charge in [0.15, 0.2) is 0 Å². The molecule has 5 heteroatoms. The molecular weight excluding hydrogens is 244 g/mol. The summed E-state index contributed by atoms with van der Waals surface area (Å²) in [5, 5.41) is 17.6. The second-order valence-electron chi connectivity index (χ2n) is 5.10. The van der Waals surface area contributed by atoms with Crippen LogP contribution in [0.5, 0.6) is 0 Å². The van der Waals surface area contributed by atoms with E-state index >= 15 is 0 Å². The molecule has 0 aromatic heterocycles. The molecule has 1 aromatic rings. The molecule has 1 aromatic carbocycles. The molecule has 0 bridgehead atoms. The first-order valence-corrected chi connectivity index (χ1v) is 6.34. The van der Waals surface area contributed by atoms with E-state index in [-0.39, 0.29) is 18.1 Å². The number of aliphatic hydroxyl groups is 1. The van der Waals surface area contributed by atoms with Crippen LogP contribution < -0.4 is 11.5 Å². The summed E-state index contributed by atoms with van der Waals surface area (Å²) in [5.74, 6) is -0.910. The maximum atomic E-state index is 10.0. The molecule has 6 N–H and O–H groups in total. The van der Waals surface area contributed by atoms with Crippen LogP contribution in [0.1, 0.15) is 31.0 Å². The van der Waals surface area contributed by atoms with Crippen molar-refractivity contribution < 1.29 is 15.0 Å². The highest BCUT2D eigenvalue weighted by Gasteiger charge is 2.26. The molecular formula is C14H22N2O3. The summed E-state index contributed by atoms with van der Waals surface area (Å²) in [5.41, 5.74) is 13.2. The predicted molar refractivity (Wildman–Crippen MR) is 73.5 cm³/mol. The van der Waals surface area contributed by atoms with E-state index in [4.69, 9.17) is 16.6 Å². The van der Waals surface area contributed by atoms with Gasteiger partial charge >= 0.3 is 5.97 Å². The second-order valence-corrected chi connectivity index (χ2v) is 5.10. The third-order valence-electron chi connectivity index (χ3n) is 3.26. The Bertz CT molecular complexity index is 434. The number of fused-ring (bicyclic) bond motifs is 1. The number of carboxylic acids is 1. The van der Waals surface area contributed by atoms with Crippen molar-refractivity contribution in [3.8, 4) is 0 Å². The van der Waals surface area contributed by atoms with Gasteiger partial charge in [0.05, 0.1) is 12.1 Å². The van der Waals surface area contributed by atoms with Crippen LogP contribution in [0.3, 0.4) is 0 Å². The summed E-state index contributed by atoms with van der Waals surface area (Å²) in [6.45, 7) is 3.55. The van der Waals surface area contributed by atoms with Crippen LogP contribution >= 0.6 is 0 Å². The zero-order valence-corrected chi connectivity index (χ0v) is 11.3. The lowest BCUT2D eigenvalue weighted by Crippen LogP contribution is -2.34. The fourth-order valence-electron chi connectivity index (χ4n) is 1.89. The van der Waals surface area contributed by atoms with Gasteiger partial charge in [-0.05, 0) is 17.0 Å². The number of hydrogen-bond acceptors (Lipinski definition) is 4. The molecule has 5 nitrogen and oxygen atoms in total. The van der Waals surface area contributed by atoms with E-state index in [0.29, 0.717) is 6.42 Å². The van der Waals surface area contributed by atoms with Gasteiger partial charge in [-0.1, -0.05) is 38.1 Å². The summed E-state index contributed by atoms with van der Waals surface area (Å²) in [7, 11) is 0. The Balaban J connectivity index is 0.000000203. The minimum absolute atomic E-state index is 0.0208. The SMILES string of the molecule is CC(C)[C@H](N)C(=O)O.N[C@@H]1c2ccccc2C[C@H]1O. The average molecular weight is 266 g/mol. The number of aliphatic carboxylic acids is 1.